The maximum atomic E-state index is 13.7. The highest BCUT2D eigenvalue weighted by molar-refractivity contribution is 5.45. The van der Waals surface area contributed by atoms with Gasteiger partial charge in [-0.3, -0.25) is 0 Å². The molecule has 0 N–H and O–H groups in total. The number of hydrogen-bond donors (Lipinski definition) is 0. The van der Waals surface area contributed by atoms with Crippen molar-refractivity contribution in [2.24, 2.45) is 0 Å². The van der Waals surface area contributed by atoms with E-state index in [4.69, 9.17) is 14.7 Å². The molecule has 0 aliphatic carbocycles. The zero-order chi connectivity index (χ0) is 14.7. The standard InChI is InChI=1S/C14H8F3NO2/c1-19-14-5-9(15)2-3-12(14)20-13-6-10(16)8(7-18)4-11(13)17/h2-6H,1H3. The van der Waals surface area contributed by atoms with Crippen LogP contribution in [0.3, 0.4) is 0 Å². The minimum atomic E-state index is -0.912. The lowest BCUT2D eigenvalue weighted by Crippen LogP contribution is -1.95. The van der Waals surface area contributed by atoms with Crippen LogP contribution in [0.2, 0.25) is 0 Å². The van der Waals surface area contributed by atoms with Crippen LogP contribution in [-0.4, -0.2) is 7.11 Å². The third-order valence-corrected chi connectivity index (χ3v) is 2.49. The molecule has 0 unspecified atom stereocenters. The largest absolute Gasteiger partial charge is 0.493 e. The van der Waals surface area contributed by atoms with Crippen molar-refractivity contribution < 1.29 is 22.6 Å². The molecule has 0 amide bonds. The van der Waals surface area contributed by atoms with Crippen LogP contribution in [0.1, 0.15) is 5.56 Å². The Bertz CT molecular complexity index is 696. The number of rotatable bonds is 3. The fraction of sp³-hybridized carbons (Fsp3) is 0.0714. The van der Waals surface area contributed by atoms with E-state index in [1.165, 1.54) is 19.2 Å². The molecule has 0 radical (unpaired) electrons. The third-order valence-electron chi connectivity index (χ3n) is 2.49. The monoisotopic (exact) mass is 279 g/mol. The van der Waals surface area contributed by atoms with Crippen molar-refractivity contribution in [3.05, 3.63) is 53.3 Å². The Morgan fingerprint density at radius 1 is 0.950 bits per heavy atom. The molecule has 0 fully saturated rings. The van der Waals surface area contributed by atoms with Gasteiger partial charge in [-0.25, -0.2) is 13.2 Å². The summed E-state index contributed by atoms with van der Waals surface area (Å²) in [4.78, 5) is 0. The highest BCUT2D eigenvalue weighted by Crippen LogP contribution is 2.33. The number of methoxy groups -OCH3 is 1. The van der Waals surface area contributed by atoms with Crippen LogP contribution in [0.4, 0.5) is 13.2 Å². The van der Waals surface area contributed by atoms with Crippen molar-refractivity contribution in [3.63, 3.8) is 0 Å². The second-order valence-electron chi connectivity index (χ2n) is 3.77. The van der Waals surface area contributed by atoms with Crippen molar-refractivity contribution >= 4 is 0 Å². The van der Waals surface area contributed by atoms with Crippen molar-refractivity contribution in [1.82, 2.24) is 0 Å². The average molecular weight is 279 g/mol. The van der Waals surface area contributed by atoms with Gasteiger partial charge in [-0.05, 0) is 18.2 Å². The molecule has 0 aromatic heterocycles. The van der Waals surface area contributed by atoms with E-state index in [1.54, 1.807) is 0 Å². The van der Waals surface area contributed by atoms with Gasteiger partial charge < -0.3 is 9.47 Å². The van der Waals surface area contributed by atoms with Gasteiger partial charge in [0.05, 0.1) is 12.7 Å². The second-order valence-corrected chi connectivity index (χ2v) is 3.77. The molecule has 0 heterocycles. The highest BCUT2D eigenvalue weighted by Gasteiger charge is 2.14. The minimum Gasteiger partial charge on any atom is -0.493 e. The summed E-state index contributed by atoms with van der Waals surface area (Å²) in [5.74, 6) is -2.74. The summed E-state index contributed by atoms with van der Waals surface area (Å²) in [6.45, 7) is 0. The fourth-order valence-electron chi connectivity index (χ4n) is 1.54. The smallest absolute Gasteiger partial charge is 0.169 e. The number of benzene rings is 2. The molecular formula is C14H8F3NO2. The topological polar surface area (TPSA) is 42.2 Å². The first kappa shape index (κ1) is 13.7. The van der Waals surface area contributed by atoms with Gasteiger partial charge in [0.15, 0.2) is 23.1 Å². The Kier molecular flexibility index (Phi) is 3.80. The molecule has 0 bridgehead atoms. The molecule has 2 rings (SSSR count). The number of nitriles is 1. The van der Waals surface area contributed by atoms with Crippen LogP contribution in [0.15, 0.2) is 30.3 Å². The van der Waals surface area contributed by atoms with E-state index in [9.17, 15) is 13.2 Å². The van der Waals surface area contributed by atoms with Crippen LogP contribution in [0.25, 0.3) is 0 Å². The van der Waals surface area contributed by atoms with Crippen molar-refractivity contribution in [2.75, 3.05) is 7.11 Å². The van der Waals surface area contributed by atoms with Crippen molar-refractivity contribution in [3.8, 4) is 23.3 Å². The Morgan fingerprint density at radius 2 is 1.70 bits per heavy atom. The summed E-state index contributed by atoms with van der Waals surface area (Å²) >= 11 is 0. The Hall–Kier alpha value is -2.68. The molecule has 2 aromatic rings. The fourth-order valence-corrected chi connectivity index (χ4v) is 1.54. The van der Waals surface area contributed by atoms with Crippen molar-refractivity contribution in [2.45, 2.75) is 0 Å². The van der Waals surface area contributed by atoms with Gasteiger partial charge in [0, 0.05) is 12.1 Å². The Morgan fingerprint density at radius 3 is 2.35 bits per heavy atom. The molecule has 102 valence electrons. The van der Waals surface area contributed by atoms with Crippen LogP contribution in [0, 0.1) is 28.8 Å². The Balaban J connectivity index is 2.40. The first-order valence-corrected chi connectivity index (χ1v) is 5.45. The highest BCUT2D eigenvalue weighted by atomic mass is 19.1. The first-order valence-electron chi connectivity index (χ1n) is 5.45. The summed E-state index contributed by atoms with van der Waals surface area (Å²) in [7, 11) is 1.29. The lowest BCUT2D eigenvalue weighted by atomic mass is 10.2. The molecule has 20 heavy (non-hydrogen) atoms. The van der Waals surface area contributed by atoms with Crippen molar-refractivity contribution in [1.29, 1.82) is 5.26 Å². The van der Waals surface area contributed by atoms with E-state index in [2.05, 4.69) is 0 Å². The quantitative estimate of drug-likeness (QED) is 0.858. The number of nitrogens with zero attached hydrogens (tertiary/aromatic N) is 1. The molecule has 0 saturated carbocycles. The first-order chi connectivity index (χ1) is 9.55. The predicted octanol–water partition coefficient (Wildman–Crippen LogP) is 3.78. The van der Waals surface area contributed by atoms with E-state index >= 15 is 0 Å². The number of hydrogen-bond acceptors (Lipinski definition) is 3. The average Bonchev–Trinajstić information content (AvgIpc) is 2.44. The molecular weight excluding hydrogens is 271 g/mol. The summed E-state index contributed by atoms with van der Waals surface area (Å²) < 4.78 is 50.1. The predicted molar refractivity (Wildman–Crippen MR) is 64.1 cm³/mol. The molecule has 0 spiro atoms. The molecule has 0 atom stereocenters. The van der Waals surface area contributed by atoms with E-state index in [1.807, 2.05) is 0 Å². The maximum Gasteiger partial charge on any atom is 0.169 e. The van der Waals surface area contributed by atoms with E-state index in [0.717, 1.165) is 24.3 Å². The van der Waals surface area contributed by atoms with Gasteiger partial charge in [-0.15, -0.1) is 0 Å². The molecule has 3 nitrogen and oxygen atoms in total. The zero-order valence-corrected chi connectivity index (χ0v) is 10.3. The lowest BCUT2D eigenvalue weighted by molar-refractivity contribution is 0.366. The maximum absolute atomic E-state index is 13.7. The Labute approximate surface area is 112 Å². The second kappa shape index (κ2) is 5.53. The van der Waals surface area contributed by atoms with Gasteiger partial charge in [-0.2, -0.15) is 5.26 Å². The van der Waals surface area contributed by atoms with E-state index < -0.39 is 28.8 Å². The SMILES string of the molecule is COc1cc(F)ccc1Oc1cc(F)c(C#N)cc1F. The molecule has 0 aliphatic heterocycles. The summed E-state index contributed by atoms with van der Waals surface area (Å²) in [6.07, 6.45) is 0. The van der Waals surface area contributed by atoms with E-state index in [-0.39, 0.29) is 11.5 Å². The summed E-state index contributed by atoms with van der Waals surface area (Å²) in [6, 6.07) is 6.35. The van der Waals surface area contributed by atoms with E-state index in [0.29, 0.717) is 0 Å². The van der Waals surface area contributed by atoms with Crippen LogP contribution >= 0.6 is 0 Å². The van der Waals surface area contributed by atoms with Gasteiger partial charge in [0.1, 0.15) is 17.7 Å². The molecule has 0 saturated heterocycles. The van der Waals surface area contributed by atoms with Gasteiger partial charge in [0.2, 0.25) is 0 Å². The molecule has 6 heteroatoms. The third kappa shape index (κ3) is 2.67. The molecule has 0 aliphatic rings. The lowest BCUT2D eigenvalue weighted by Gasteiger charge is -2.11. The minimum absolute atomic E-state index is 0.0249. The van der Waals surface area contributed by atoms with Crippen LogP contribution in [-0.2, 0) is 0 Å². The number of ether oxygens (including phenoxy) is 2. The number of halogens is 3. The normalized spacial score (nSPS) is 9.95. The van der Waals surface area contributed by atoms with Gasteiger partial charge >= 0.3 is 0 Å². The summed E-state index contributed by atoms with van der Waals surface area (Å²) in [5.41, 5.74) is -0.430. The van der Waals surface area contributed by atoms with Crippen LogP contribution in [0.5, 0.6) is 17.2 Å². The van der Waals surface area contributed by atoms with Gasteiger partial charge in [0.25, 0.3) is 0 Å². The van der Waals surface area contributed by atoms with Crippen LogP contribution < -0.4 is 9.47 Å². The molecule has 2 aromatic carbocycles. The van der Waals surface area contributed by atoms with Gasteiger partial charge in [-0.1, -0.05) is 0 Å². The zero-order valence-electron chi connectivity index (χ0n) is 10.3. The summed E-state index contributed by atoms with van der Waals surface area (Å²) in [5, 5.41) is 8.58.